The van der Waals surface area contributed by atoms with E-state index in [0.717, 1.165) is 19.3 Å². The van der Waals surface area contributed by atoms with E-state index >= 15 is 0 Å². The lowest BCUT2D eigenvalue weighted by molar-refractivity contribution is -0.146. The summed E-state index contributed by atoms with van der Waals surface area (Å²) in [7, 11) is 0. The molecule has 2 aliphatic rings. The molecule has 1 heterocycles. The molecule has 2 fully saturated rings. The zero-order chi connectivity index (χ0) is 15.0. The first-order valence-corrected chi connectivity index (χ1v) is 7.42. The molecule has 5 nitrogen and oxygen atoms in total. The summed E-state index contributed by atoms with van der Waals surface area (Å²) in [5.41, 5.74) is -0.535. The summed E-state index contributed by atoms with van der Waals surface area (Å²) < 4.78 is 10.5. The highest BCUT2D eigenvalue weighted by Crippen LogP contribution is 2.58. The van der Waals surface area contributed by atoms with E-state index in [-0.39, 0.29) is 23.4 Å². The monoisotopic (exact) mass is 283 g/mol. The molecule has 0 aromatic heterocycles. The maximum Gasteiger partial charge on any atom is 0.410 e. The van der Waals surface area contributed by atoms with Gasteiger partial charge in [0.05, 0.1) is 12.5 Å². The van der Waals surface area contributed by atoms with Gasteiger partial charge in [-0.05, 0) is 47.0 Å². The number of amides is 1. The van der Waals surface area contributed by atoms with E-state index in [1.54, 1.807) is 4.90 Å². The van der Waals surface area contributed by atoms with E-state index in [0.29, 0.717) is 19.7 Å². The van der Waals surface area contributed by atoms with Crippen LogP contribution in [0.3, 0.4) is 0 Å². The van der Waals surface area contributed by atoms with Gasteiger partial charge in [-0.15, -0.1) is 0 Å². The standard InChI is InChI=1S/C15H25NO4/c1-5-19-12(17)11-9-15(11)7-6-8-16(10-15)13(18)20-14(2,3)4/h11H,5-10H2,1-4H3/t11-,15+/m0/s1. The molecule has 1 saturated heterocycles. The smallest absolute Gasteiger partial charge is 0.410 e. The number of nitrogens with zero attached hydrogens (tertiary/aromatic N) is 1. The molecule has 1 aliphatic carbocycles. The van der Waals surface area contributed by atoms with Crippen LogP contribution in [0.25, 0.3) is 0 Å². The molecular formula is C15H25NO4. The van der Waals surface area contributed by atoms with Crippen LogP contribution in [0.1, 0.15) is 47.0 Å². The first kappa shape index (κ1) is 15.1. The highest BCUT2D eigenvalue weighted by molar-refractivity contribution is 5.77. The Balaban J connectivity index is 1.93. The summed E-state index contributed by atoms with van der Waals surface area (Å²) >= 11 is 0. The van der Waals surface area contributed by atoms with E-state index in [1.165, 1.54) is 0 Å². The molecule has 1 amide bonds. The van der Waals surface area contributed by atoms with Crippen molar-refractivity contribution in [1.29, 1.82) is 0 Å². The fourth-order valence-electron chi connectivity index (χ4n) is 3.02. The van der Waals surface area contributed by atoms with Crippen LogP contribution in [0.2, 0.25) is 0 Å². The first-order valence-electron chi connectivity index (χ1n) is 7.42. The van der Waals surface area contributed by atoms with Crippen LogP contribution in [-0.4, -0.2) is 42.3 Å². The SMILES string of the molecule is CCOC(=O)[C@@H]1C[C@@]12CCCN(C(=O)OC(C)(C)C)C2. The normalized spacial score (nSPS) is 29.2. The fraction of sp³-hybridized carbons (Fsp3) is 0.867. The van der Waals surface area contributed by atoms with E-state index in [4.69, 9.17) is 9.47 Å². The number of carbonyl (C=O) groups is 2. The highest BCUT2D eigenvalue weighted by Gasteiger charge is 2.60. The predicted octanol–water partition coefficient (Wildman–Crippen LogP) is 2.59. The van der Waals surface area contributed by atoms with Crippen LogP contribution in [0, 0.1) is 11.3 Å². The molecule has 1 saturated carbocycles. The number of carbonyl (C=O) groups excluding carboxylic acids is 2. The quantitative estimate of drug-likeness (QED) is 0.731. The maximum absolute atomic E-state index is 12.1. The molecule has 1 spiro atoms. The Kier molecular flexibility index (Phi) is 3.98. The Morgan fingerprint density at radius 3 is 2.65 bits per heavy atom. The number of hydrogen-bond donors (Lipinski definition) is 0. The van der Waals surface area contributed by atoms with E-state index in [1.807, 2.05) is 27.7 Å². The van der Waals surface area contributed by atoms with Crippen molar-refractivity contribution in [2.24, 2.45) is 11.3 Å². The van der Waals surface area contributed by atoms with Crippen molar-refractivity contribution in [3.63, 3.8) is 0 Å². The minimum absolute atomic E-state index is 0.0345. The van der Waals surface area contributed by atoms with Crippen molar-refractivity contribution in [2.45, 2.75) is 52.6 Å². The molecule has 0 unspecified atom stereocenters. The van der Waals surface area contributed by atoms with E-state index in [2.05, 4.69) is 0 Å². The molecule has 0 aromatic carbocycles. The van der Waals surface area contributed by atoms with Gasteiger partial charge in [0.15, 0.2) is 0 Å². The van der Waals surface area contributed by atoms with Gasteiger partial charge < -0.3 is 14.4 Å². The number of likely N-dealkylation sites (tertiary alicyclic amines) is 1. The van der Waals surface area contributed by atoms with Crippen molar-refractivity contribution in [2.75, 3.05) is 19.7 Å². The van der Waals surface area contributed by atoms with Crippen LogP contribution in [-0.2, 0) is 14.3 Å². The average molecular weight is 283 g/mol. The third-order valence-electron chi connectivity index (χ3n) is 4.02. The van der Waals surface area contributed by atoms with Crippen LogP contribution in [0.15, 0.2) is 0 Å². The zero-order valence-electron chi connectivity index (χ0n) is 12.9. The Morgan fingerprint density at radius 1 is 1.35 bits per heavy atom. The van der Waals surface area contributed by atoms with Gasteiger partial charge in [0.25, 0.3) is 0 Å². The summed E-state index contributed by atoms with van der Waals surface area (Å²) in [5, 5.41) is 0. The van der Waals surface area contributed by atoms with Crippen LogP contribution < -0.4 is 0 Å². The number of rotatable bonds is 2. The largest absolute Gasteiger partial charge is 0.466 e. The maximum atomic E-state index is 12.1. The summed E-state index contributed by atoms with van der Waals surface area (Å²) in [5.74, 6) is -0.147. The molecule has 2 atom stereocenters. The molecular weight excluding hydrogens is 258 g/mol. The fourth-order valence-corrected chi connectivity index (χ4v) is 3.02. The second kappa shape index (κ2) is 5.26. The summed E-state index contributed by atoms with van der Waals surface area (Å²) in [6.45, 7) is 9.16. The first-order chi connectivity index (χ1) is 9.27. The third kappa shape index (κ3) is 3.25. The molecule has 0 bridgehead atoms. The lowest BCUT2D eigenvalue weighted by Gasteiger charge is -2.34. The van der Waals surface area contributed by atoms with Gasteiger partial charge in [0.2, 0.25) is 0 Å². The second-order valence-corrected chi connectivity index (χ2v) is 6.88. The number of esters is 1. The minimum atomic E-state index is -0.480. The van der Waals surface area contributed by atoms with Gasteiger partial charge in [-0.3, -0.25) is 4.79 Å². The number of hydrogen-bond acceptors (Lipinski definition) is 4. The molecule has 2 rings (SSSR count). The van der Waals surface area contributed by atoms with Crippen molar-refractivity contribution < 1.29 is 19.1 Å². The molecule has 114 valence electrons. The molecule has 0 radical (unpaired) electrons. The molecule has 20 heavy (non-hydrogen) atoms. The average Bonchev–Trinajstić information content (AvgIpc) is 3.01. The van der Waals surface area contributed by atoms with Gasteiger partial charge in [-0.2, -0.15) is 0 Å². The van der Waals surface area contributed by atoms with Crippen molar-refractivity contribution in [3.05, 3.63) is 0 Å². The highest BCUT2D eigenvalue weighted by atomic mass is 16.6. The Labute approximate surface area is 120 Å². The van der Waals surface area contributed by atoms with Gasteiger partial charge in [0.1, 0.15) is 5.60 Å². The summed E-state index contributed by atoms with van der Waals surface area (Å²) in [6.07, 6.45) is 2.49. The van der Waals surface area contributed by atoms with Crippen molar-refractivity contribution in [3.8, 4) is 0 Å². The third-order valence-corrected chi connectivity index (χ3v) is 4.02. The van der Waals surface area contributed by atoms with Gasteiger partial charge in [0, 0.05) is 18.5 Å². The second-order valence-electron chi connectivity index (χ2n) is 6.88. The van der Waals surface area contributed by atoms with Crippen molar-refractivity contribution in [1.82, 2.24) is 4.90 Å². The molecule has 1 aliphatic heterocycles. The lowest BCUT2D eigenvalue weighted by Crippen LogP contribution is -2.44. The molecule has 0 N–H and O–H groups in total. The topological polar surface area (TPSA) is 55.8 Å². The summed E-state index contributed by atoms with van der Waals surface area (Å²) in [6, 6.07) is 0. The van der Waals surface area contributed by atoms with Gasteiger partial charge >= 0.3 is 12.1 Å². The van der Waals surface area contributed by atoms with Gasteiger partial charge in [-0.1, -0.05) is 0 Å². The lowest BCUT2D eigenvalue weighted by atomic mass is 9.92. The predicted molar refractivity (Wildman–Crippen MR) is 74.2 cm³/mol. The van der Waals surface area contributed by atoms with Crippen LogP contribution in [0.5, 0.6) is 0 Å². The van der Waals surface area contributed by atoms with E-state index < -0.39 is 5.60 Å². The van der Waals surface area contributed by atoms with Crippen molar-refractivity contribution >= 4 is 12.1 Å². The zero-order valence-corrected chi connectivity index (χ0v) is 12.9. The number of piperidine rings is 1. The Hall–Kier alpha value is -1.26. The Bertz CT molecular complexity index is 401. The van der Waals surface area contributed by atoms with Crippen LogP contribution >= 0.6 is 0 Å². The minimum Gasteiger partial charge on any atom is -0.466 e. The Morgan fingerprint density at radius 2 is 2.05 bits per heavy atom. The molecule has 5 heteroatoms. The van der Waals surface area contributed by atoms with Gasteiger partial charge in [-0.25, -0.2) is 4.79 Å². The number of ether oxygens (including phenoxy) is 2. The molecule has 0 aromatic rings. The summed E-state index contributed by atoms with van der Waals surface area (Å²) in [4.78, 5) is 25.7. The van der Waals surface area contributed by atoms with Crippen LogP contribution in [0.4, 0.5) is 4.79 Å². The van der Waals surface area contributed by atoms with E-state index in [9.17, 15) is 9.59 Å².